The Balaban J connectivity index is 2.11. The molecule has 18 heavy (non-hydrogen) atoms. The van der Waals surface area contributed by atoms with Crippen LogP contribution < -0.4 is 10.2 Å². The third-order valence-corrected chi connectivity index (χ3v) is 3.59. The van der Waals surface area contributed by atoms with Gasteiger partial charge in [-0.2, -0.15) is 0 Å². The summed E-state index contributed by atoms with van der Waals surface area (Å²) in [5.74, 6) is 0. The van der Waals surface area contributed by atoms with Gasteiger partial charge < -0.3 is 15.2 Å². The van der Waals surface area contributed by atoms with Crippen molar-refractivity contribution in [2.75, 3.05) is 32.1 Å². The Labute approximate surface area is 107 Å². The first-order chi connectivity index (χ1) is 8.75. The summed E-state index contributed by atoms with van der Waals surface area (Å²) in [6.45, 7) is 2.06. The van der Waals surface area contributed by atoms with Crippen molar-refractivity contribution >= 4 is 22.2 Å². The first-order valence-corrected chi connectivity index (χ1v) is 6.44. The molecule has 3 rings (SSSR count). The Morgan fingerprint density at radius 3 is 2.83 bits per heavy atom. The van der Waals surface area contributed by atoms with Gasteiger partial charge in [-0.3, -0.25) is 0 Å². The molecule has 0 amide bonds. The molecule has 0 saturated carbocycles. The van der Waals surface area contributed by atoms with Crippen LogP contribution in [0.4, 0.5) is 5.69 Å². The maximum absolute atomic E-state index is 3.37. The van der Waals surface area contributed by atoms with E-state index in [0.717, 1.165) is 19.5 Å². The van der Waals surface area contributed by atoms with Gasteiger partial charge >= 0.3 is 0 Å². The molecule has 0 unspecified atom stereocenters. The summed E-state index contributed by atoms with van der Waals surface area (Å²) in [5, 5.41) is 4.69. The Morgan fingerprint density at radius 2 is 2.11 bits per heavy atom. The Hall–Kier alpha value is -1.74. The number of hydrogen-bond acceptors (Lipinski definition) is 2. The third-order valence-electron chi connectivity index (χ3n) is 3.59. The first kappa shape index (κ1) is 11.4. The molecule has 94 valence electrons. The van der Waals surface area contributed by atoms with E-state index in [1.54, 1.807) is 0 Å². The van der Waals surface area contributed by atoms with Crippen LogP contribution in [0.5, 0.6) is 0 Å². The lowest BCUT2D eigenvalue weighted by Crippen LogP contribution is -2.19. The average molecular weight is 241 g/mol. The molecule has 0 atom stereocenters. The monoisotopic (exact) mass is 241 g/mol. The van der Waals surface area contributed by atoms with Gasteiger partial charge in [-0.05, 0) is 36.7 Å². The fourth-order valence-corrected chi connectivity index (χ4v) is 2.52. The number of aromatic nitrogens is 1. The number of aromatic amines is 1. The van der Waals surface area contributed by atoms with Crippen LogP contribution in [0.15, 0.2) is 30.5 Å². The highest BCUT2D eigenvalue weighted by Gasteiger charge is 2.11. The fraction of sp³-hybridized carbons (Fsp3) is 0.333. The highest BCUT2D eigenvalue weighted by atomic mass is 15.1. The minimum Gasteiger partial charge on any atom is -0.378 e. The van der Waals surface area contributed by atoms with Crippen LogP contribution in [-0.4, -0.2) is 32.2 Å². The molecule has 0 fully saturated rings. The minimum absolute atomic E-state index is 0.982. The minimum atomic E-state index is 0.982. The van der Waals surface area contributed by atoms with Gasteiger partial charge in [-0.15, -0.1) is 0 Å². The number of fused-ring (bicyclic) bond motifs is 1. The molecular weight excluding hydrogens is 222 g/mol. The fourth-order valence-electron chi connectivity index (χ4n) is 2.52. The maximum atomic E-state index is 3.37. The lowest BCUT2D eigenvalue weighted by atomic mass is 9.99. The molecule has 2 N–H and O–H groups in total. The third kappa shape index (κ3) is 1.91. The van der Waals surface area contributed by atoms with Crippen LogP contribution in [0.25, 0.3) is 16.5 Å². The van der Waals surface area contributed by atoms with E-state index < -0.39 is 0 Å². The molecule has 3 nitrogen and oxygen atoms in total. The number of benzene rings is 1. The predicted molar refractivity (Wildman–Crippen MR) is 78.1 cm³/mol. The summed E-state index contributed by atoms with van der Waals surface area (Å²) in [4.78, 5) is 5.52. The van der Waals surface area contributed by atoms with Crippen molar-refractivity contribution in [3.63, 3.8) is 0 Å². The zero-order valence-electron chi connectivity index (χ0n) is 11.0. The Morgan fingerprint density at radius 1 is 1.22 bits per heavy atom. The van der Waals surface area contributed by atoms with Crippen LogP contribution in [0, 0.1) is 0 Å². The summed E-state index contributed by atoms with van der Waals surface area (Å²) in [6.07, 6.45) is 5.55. The van der Waals surface area contributed by atoms with E-state index in [4.69, 9.17) is 0 Å². The van der Waals surface area contributed by atoms with Crippen molar-refractivity contribution in [2.45, 2.75) is 6.42 Å². The standard InChI is InChI=1S/C15H19N3/c1-18(2)12-3-4-15-13(9-12)14(10-17-15)11-5-7-16-8-6-11/h3-5,9-10,16-17H,6-8H2,1-2H3. The van der Waals surface area contributed by atoms with E-state index in [1.165, 1.54) is 27.7 Å². The second kappa shape index (κ2) is 4.50. The zero-order chi connectivity index (χ0) is 12.5. The van der Waals surface area contributed by atoms with Gasteiger partial charge in [0.1, 0.15) is 0 Å². The van der Waals surface area contributed by atoms with Gasteiger partial charge in [-0.25, -0.2) is 0 Å². The predicted octanol–water partition coefficient (Wildman–Crippen LogP) is 2.61. The number of H-pyrrole nitrogens is 1. The summed E-state index contributed by atoms with van der Waals surface area (Å²) in [5.41, 5.74) is 5.28. The molecule has 0 aliphatic carbocycles. The van der Waals surface area contributed by atoms with E-state index in [2.05, 4.69) is 59.8 Å². The van der Waals surface area contributed by atoms with Gasteiger partial charge in [0.25, 0.3) is 0 Å². The van der Waals surface area contributed by atoms with Crippen molar-refractivity contribution in [3.05, 3.63) is 36.0 Å². The van der Waals surface area contributed by atoms with Gasteiger partial charge in [0.05, 0.1) is 0 Å². The van der Waals surface area contributed by atoms with Crippen LogP contribution in [0.1, 0.15) is 12.0 Å². The van der Waals surface area contributed by atoms with Crippen molar-refractivity contribution in [2.24, 2.45) is 0 Å². The largest absolute Gasteiger partial charge is 0.378 e. The van der Waals surface area contributed by atoms with E-state index in [9.17, 15) is 0 Å². The van der Waals surface area contributed by atoms with Crippen molar-refractivity contribution < 1.29 is 0 Å². The van der Waals surface area contributed by atoms with Gasteiger partial charge in [0, 0.05) is 49.0 Å². The normalized spacial score (nSPS) is 15.8. The van der Waals surface area contributed by atoms with Crippen LogP contribution in [0.3, 0.4) is 0 Å². The first-order valence-electron chi connectivity index (χ1n) is 6.44. The molecule has 1 aromatic carbocycles. The molecule has 1 aromatic heterocycles. The van der Waals surface area contributed by atoms with E-state index >= 15 is 0 Å². The van der Waals surface area contributed by atoms with Gasteiger partial charge in [0.2, 0.25) is 0 Å². The molecule has 0 spiro atoms. The number of nitrogens with one attached hydrogen (secondary N) is 2. The van der Waals surface area contributed by atoms with Crippen molar-refractivity contribution in [3.8, 4) is 0 Å². The highest BCUT2D eigenvalue weighted by Crippen LogP contribution is 2.30. The van der Waals surface area contributed by atoms with E-state index in [0.29, 0.717) is 0 Å². The molecular formula is C15H19N3. The van der Waals surface area contributed by atoms with Crippen molar-refractivity contribution in [1.82, 2.24) is 10.3 Å². The smallest absolute Gasteiger partial charge is 0.0461 e. The molecule has 0 radical (unpaired) electrons. The Kier molecular flexibility index (Phi) is 2.84. The maximum Gasteiger partial charge on any atom is 0.0461 e. The quantitative estimate of drug-likeness (QED) is 0.847. The molecule has 3 heteroatoms. The molecule has 0 saturated heterocycles. The molecule has 2 heterocycles. The lowest BCUT2D eigenvalue weighted by molar-refractivity contribution is 0.739. The number of anilines is 1. The number of rotatable bonds is 2. The summed E-state index contributed by atoms with van der Waals surface area (Å²) in [7, 11) is 4.16. The van der Waals surface area contributed by atoms with Crippen LogP contribution in [0.2, 0.25) is 0 Å². The SMILES string of the molecule is CN(C)c1ccc2[nH]cc(C3=CCNCC3)c2c1. The number of nitrogens with zero attached hydrogens (tertiary/aromatic N) is 1. The molecule has 1 aliphatic rings. The Bertz CT molecular complexity index is 593. The topological polar surface area (TPSA) is 31.1 Å². The molecule has 0 bridgehead atoms. The van der Waals surface area contributed by atoms with E-state index in [-0.39, 0.29) is 0 Å². The zero-order valence-corrected chi connectivity index (χ0v) is 11.0. The van der Waals surface area contributed by atoms with Crippen LogP contribution >= 0.6 is 0 Å². The van der Waals surface area contributed by atoms with Crippen LogP contribution in [-0.2, 0) is 0 Å². The molecule has 2 aromatic rings. The second-order valence-corrected chi connectivity index (χ2v) is 5.01. The highest BCUT2D eigenvalue weighted by molar-refractivity contribution is 5.94. The molecule has 1 aliphatic heterocycles. The van der Waals surface area contributed by atoms with Gasteiger partial charge in [0.15, 0.2) is 0 Å². The second-order valence-electron chi connectivity index (χ2n) is 5.01. The van der Waals surface area contributed by atoms with Gasteiger partial charge in [-0.1, -0.05) is 6.08 Å². The number of hydrogen-bond donors (Lipinski definition) is 2. The summed E-state index contributed by atoms with van der Waals surface area (Å²) in [6, 6.07) is 6.58. The van der Waals surface area contributed by atoms with Crippen molar-refractivity contribution in [1.29, 1.82) is 0 Å². The summed E-state index contributed by atoms with van der Waals surface area (Å²) >= 11 is 0. The summed E-state index contributed by atoms with van der Waals surface area (Å²) < 4.78 is 0. The average Bonchev–Trinajstić information content (AvgIpc) is 2.82. The van der Waals surface area contributed by atoms with E-state index in [1.807, 2.05) is 0 Å². The lowest BCUT2D eigenvalue weighted by Gasteiger charge is -2.15.